The van der Waals surface area contributed by atoms with Crippen LogP contribution in [0.25, 0.3) is 0 Å². The number of carbonyl (C=O) groups is 1. The molecule has 5 nitrogen and oxygen atoms in total. The fourth-order valence-electron chi connectivity index (χ4n) is 6.02. The number of hydrogen-bond donors (Lipinski definition) is 0. The third-order valence-electron chi connectivity index (χ3n) is 8.52. The maximum atomic E-state index is 13.7. The number of nitrogens with zero attached hydrogens (tertiary/aromatic N) is 3. The normalized spacial score (nSPS) is 26.4. The second-order valence-electron chi connectivity index (χ2n) is 11.0. The SMILES string of the molecule is CC.CC(F)(F)c1nc(C23CCC(CN(C(=O)C4=C=C(F)C4)c4cccc(C5CC5)c4)(CC2)CC3)no1. The van der Waals surface area contributed by atoms with Crippen molar-refractivity contribution < 1.29 is 22.5 Å². The van der Waals surface area contributed by atoms with Gasteiger partial charge in [0.25, 0.3) is 11.8 Å². The Hall–Kier alpha value is -2.86. The van der Waals surface area contributed by atoms with E-state index in [1.54, 1.807) is 0 Å². The van der Waals surface area contributed by atoms with E-state index in [0.29, 0.717) is 23.9 Å². The quantitative estimate of drug-likeness (QED) is 0.360. The fourth-order valence-corrected chi connectivity index (χ4v) is 6.02. The van der Waals surface area contributed by atoms with Gasteiger partial charge >= 0.3 is 5.92 Å². The number of alkyl halides is 2. The smallest absolute Gasteiger partial charge is 0.322 e. The van der Waals surface area contributed by atoms with Crippen LogP contribution in [0.15, 0.2) is 45.9 Å². The maximum absolute atomic E-state index is 13.7. The Kier molecular flexibility index (Phi) is 6.59. The average molecular weight is 514 g/mol. The number of fused-ring (bicyclic) bond motifs is 3. The molecule has 7 rings (SSSR count). The van der Waals surface area contributed by atoms with Crippen molar-refractivity contribution >= 4 is 11.6 Å². The van der Waals surface area contributed by atoms with Gasteiger partial charge in [-0.3, -0.25) is 4.79 Å². The van der Waals surface area contributed by atoms with Gasteiger partial charge in [0.05, 0.1) is 5.57 Å². The van der Waals surface area contributed by atoms with Gasteiger partial charge in [0, 0.05) is 31.0 Å². The molecule has 198 valence electrons. The lowest BCUT2D eigenvalue weighted by atomic mass is 9.53. The number of rotatable bonds is 7. The number of amides is 1. The van der Waals surface area contributed by atoms with Gasteiger partial charge in [-0.15, -0.1) is 0 Å². The lowest BCUT2D eigenvalue weighted by Gasteiger charge is -2.53. The van der Waals surface area contributed by atoms with Gasteiger partial charge in [-0.25, -0.2) is 4.39 Å². The summed E-state index contributed by atoms with van der Waals surface area (Å²) in [7, 11) is 0. The van der Waals surface area contributed by atoms with Crippen LogP contribution in [0, 0.1) is 5.41 Å². The van der Waals surface area contributed by atoms with Crippen molar-refractivity contribution in [2.45, 2.75) is 95.8 Å². The van der Waals surface area contributed by atoms with Crippen molar-refractivity contribution in [3.63, 3.8) is 0 Å². The highest BCUT2D eigenvalue weighted by atomic mass is 19.3. The molecule has 2 bridgehead atoms. The Morgan fingerprint density at radius 1 is 1.16 bits per heavy atom. The summed E-state index contributed by atoms with van der Waals surface area (Å²) in [5, 5.41) is 3.93. The van der Waals surface area contributed by atoms with Crippen LogP contribution in [0.5, 0.6) is 0 Å². The third-order valence-corrected chi connectivity index (χ3v) is 8.52. The molecule has 1 aromatic heterocycles. The van der Waals surface area contributed by atoms with E-state index in [9.17, 15) is 18.0 Å². The molecule has 0 saturated heterocycles. The van der Waals surface area contributed by atoms with Crippen LogP contribution >= 0.6 is 0 Å². The van der Waals surface area contributed by atoms with E-state index >= 15 is 0 Å². The highest BCUT2D eigenvalue weighted by molar-refractivity contribution is 6.06. The zero-order chi connectivity index (χ0) is 26.4. The van der Waals surface area contributed by atoms with E-state index in [-0.39, 0.29) is 29.0 Å². The number of halogens is 3. The molecule has 2 aromatic rings. The summed E-state index contributed by atoms with van der Waals surface area (Å²) < 4.78 is 45.6. The Morgan fingerprint density at radius 2 is 1.81 bits per heavy atom. The second kappa shape index (κ2) is 9.46. The maximum Gasteiger partial charge on any atom is 0.322 e. The third kappa shape index (κ3) is 4.88. The monoisotopic (exact) mass is 513 g/mol. The minimum atomic E-state index is -3.16. The molecule has 0 aliphatic heterocycles. The second-order valence-corrected chi connectivity index (χ2v) is 11.0. The highest BCUT2D eigenvalue weighted by Gasteiger charge is 2.53. The zero-order valence-corrected chi connectivity index (χ0v) is 21.7. The first kappa shape index (κ1) is 25.8. The number of hydrogen-bond acceptors (Lipinski definition) is 4. The topological polar surface area (TPSA) is 59.2 Å². The van der Waals surface area contributed by atoms with E-state index in [1.165, 1.54) is 18.4 Å². The van der Waals surface area contributed by atoms with Crippen molar-refractivity contribution in [3.05, 3.63) is 58.7 Å². The number of carbonyl (C=O) groups excluding carboxylic acids is 1. The van der Waals surface area contributed by atoms with Gasteiger partial charge in [-0.2, -0.15) is 13.8 Å². The summed E-state index contributed by atoms with van der Waals surface area (Å²) in [6.07, 6.45) is 7.21. The molecule has 0 N–H and O–H groups in total. The van der Waals surface area contributed by atoms with Crippen LogP contribution in [0.4, 0.5) is 18.9 Å². The van der Waals surface area contributed by atoms with Crippen LogP contribution in [0.2, 0.25) is 0 Å². The Labute approximate surface area is 215 Å². The van der Waals surface area contributed by atoms with Crippen molar-refractivity contribution in [2.75, 3.05) is 11.4 Å². The number of anilines is 1. The lowest BCUT2D eigenvalue weighted by molar-refractivity contribution is -0.116. The van der Waals surface area contributed by atoms with Gasteiger partial charge in [-0.05, 0) is 80.4 Å². The van der Waals surface area contributed by atoms with E-state index in [1.807, 2.05) is 30.9 Å². The van der Waals surface area contributed by atoms with Gasteiger partial charge < -0.3 is 9.42 Å². The Balaban J connectivity index is 0.00000137. The molecule has 0 radical (unpaired) electrons. The minimum absolute atomic E-state index is 0.0377. The van der Waals surface area contributed by atoms with Crippen LogP contribution in [0.1, 0.15) is 102 Å². The molecule has 37 heavy (non-hydrogen) atoms. The van der Waals surface area contributed by atoms with Crippen molar-refractivity contribution in [1.29, 1.82) is 0 Å². The van der Waals surface area contributed by atoms with E-state index in [4.69, 9.17) is 4.52 Å². The molecule has 5 aliphatic carbocycles. The first-order valence-electron chi connectivity index (χ1n) is 13.5. The van der Waals surface area contributed by atoms with Gasteiger partial charge in [0.1, 0.15) is 5.83 Å². The zero-order valence-electron chi connectivity index (χ0n) is 21.7. The average Bonchev–Trinajstić information content (AvgIpc) is 3.61. The molecule has 4 fully saturated rings. The van der Waals surface area contributed by atoms with E-state index in [0.717, 1.165) is 51.1 Å². The van der Waals surface area contributed by atoms with Crippen molar-refractivity contribution in [3.8, 4) is 0 Å². The predicted molar refractivity (Wildman–Crippen MR) is 134 cm³/mol. The van der Waals surface area contributed by atoms with Gasteiger partial charge in [0.15, 0.2) is 5.82 Å². The molecule has 1 amide bonds. The van der Waals surface area contributed by atoms with Crippen molar-refractivity contribution in [2.24, 2.45) is 5.41 Å². The van der Waals surface area contributed by atoms with E-state index < -0.39 is 11.8 Å². The van der Waals surface area contributed by atoms with Crippen LogP contribution < -0.4 is 4.90 Å². The summed E-state index contributed by atoms with van der Waals surface area (Å²) in [4.78, 5) is 19.3. The summed E-state index contributed by atoms with van der Waals surface area (Å²) >= 11 is 0. The Morgan fingerprint density at radius 3 is 2.35 bits per heavy atom. The van der Waals surface area contributed by atoms with Crippen LogP contribution in [-0.4, -0.2) is 22.6 Å². The number of benzene rings is 1. The largest absolute Gasteiger partial charge is 0.333 e. The van der Waals surface area contributed by atoms with Gasteiger partial charge in [0.2, 0.25) is 0 Å². The first-order chi connectivity index (χ1) is 17.7. The molecule has 0 spiro atoms. The molecule has 1 aromatic carbocycles. The summed E-state index contributed by atoms with van der Waals surface area (Å²) in [5.41, 5.74) is 4.60. The minimum Gasteiger partial charge on any atom is -0.333 e. The lowest BCUT2D eigenvalue weighted by Crippen LogP contribution is -2.51. The molecule has 4 saturated carbocycles. The van der Waals surface area contributed by atoms with Gasteiger partial charge in [-0.1, -0.05) is 36.9 Å². The fraction of sp³-hybridized carbons (Fsp3) is 0.586. The van der Waals surface area contributed by atoms with Crippen LogP contribution in [-0.2, 0) is 16.1 Å². The molecule has 5 aliphatic rings. The Bertz CT molecular complexity index is 1230. The van der Waals surface area contributed by atoms with Crippen LogP contribution in [0.3, 0.4) is 0 Å². The first-order valence-corrected chi connectivity index (χ1v) is 13.5. The molecule has 1 heterocycles. The molecular formula is C29H34F3N3O2. The summed E-state index contributed by atoms with van der Waals surface area (Å²) in [6.45, 7) is 5.31. The standard InChI is InChI=1S/C27H28F3N3O2.C2H6/c1-25(29,30)24-31-23(32-35-24)27-10-7-26(8-11-27,9-12-27)16-33(22(34)19-13-20(28)14-19)21-4-2-3-18(15-21)17-5-6-17;1-2/h2-4,15,17H,5-13,16H2,1H3;1-2H3. The summed E-state index contributed by atoms with van der Waals surface area (Å²) in [6, 6.07) is 8.17. The molecule has 0 atom stereocenters. The summed E-state index contributed by atoms with van der Waals surface area (Å²) in [5.74, 6) is -3.40. The number of aromatic nitrogens is 2. The van der Waals surface area contributed by atoms with Crippen molar-refractivity contribution in [1.82, 2.24) is 10.1 Å². The molecule has 0 unspecified atom stereocenters. The molecule has 8 heteroatoms. The predicted octanol–water partition coefficient (Wildman–Crippen LogP) is 7.49. The van der Waals surface area contributed by atoms with E-state index in [2.05, 4.69) is 28.0 Å². The highest BCUT2D eigenvalue weighted by Crippen LogP contribution is 2.58. The molecular weight excluding hydrogens is 479 g/mol.